The van der Waals surface area contributed by atoms with E-state index in [1.807, 2.05) is 0 Å². The van der Waals surface area contributed by atoms with Crippen LogP contribution in [-0.4, -0.2) is 30.0 Å². The van der Waals surface area contributed by atoms with Crippen LogP contribution in [0.4, 0.5) is 0 Å². The summed E-state index contributed by atoms with van der Waals surface area (Å²) >= 11 is 3.60. The molecule has 0 aromatic carbocycles. The molecule has 7 heteroatoms. The van der Waals surface area contributed by atoms with E-state index in [0.717, 1.165) is 19.3 Å². The molecule has 2 unspecified atom stereocenters. The third kappa shape index (κ3) is 2.78. The van der Waals surface area contributed by atoms with Crippen LogP contribution < -0.4 is 4.72 Å². The van der Waals surface area contributed by atoms with E-state index in [-0.39, 0.29) is 4.90 Å². The Morgan fingerprint density at radius 3 is 2.67 bits per heavy atom. The molecule has 2 rings (SSSR count). The number of halogens is 1. The number of aromatic nitrogens is 2. The van der Waals surface area contributed by atoms with Gasteiger partial charge >= 0.3 is 0 Å². The van der Waals surface area contributed by atoms with E-state index in [1.165, 1.54) is 0 Å². The highest BCUT2D eigenvalue weighted by molar-refractivity contribution is 9.09. The third-order valence-electron chi connectivity index (χ3n) is 3.43. The van der Waals surface area contributed by atoms with Gasteiger partial charge in [0, 0.05) is 11.4 Å². The molecule has 1 heterocycles. The van der Waals surface area contributed by atoms with Gasteiger partial charge in [0.1, 0.15) is 4.90 Å². The maximum Gasteiger partial charge on any atom is 0.244 e. The van der Waals surface area contributed by atoms with Crippen molar-refractivity contribution in [2.24, 2.45) is 5.92 Å². The van der Waals surface area contributed by atoms with Gasteiger partial charge in [-0.1, -0.05) is 22.4 Å². The Bertz CT molecular complexity index is 507. The fourth-order valence-corrected chi connectivity index (χ4v) is 4.68. The topological polar surface area (TPSA) is 74.8 Å². The highest BCUT2D eigenvalue weighted by Crippen LogP contribution is 2.31. The van der Waals surface area contributed by atoms with E-state index < -0.39 is 10.0 Å². The van der Waals surface area contributed by atoms with Gasteiger partial charge in [0.15, 0.2) is 0 Å². The summed E-state index contributed by atoms with van der Waals surface area (Å²) in [4.78, 5) is 0.707. The molecule has 0 saturated heterocycles. The summed E-state index contributed by atoms with van der Waals surface area (Å²) in [5, 5.41) is 6.63. The van der Waals surface area contributed by atoms with Crippen molar-refractivity contribution in [3.8, 4) is 0 Å². The van der Waals surface area contributed by atoms with E-state index >= 15 is 0 Å². The maximum atomic E-state index is 12.2. The van der Waals surface area contributed by atoms with Gasteiger partial charge in [0.05, 0.1) is 11.4 Å². The second kappa shape index (κ2) is 5.30. The minimum atomic E-state index is -3.45. The maximum absolute atomic E-state index is 12.2. The third-order valence-corrected chi connectivity index (χ3v) is 6.32. The number of hydrogen-bond acceptors (Lipinski definition) is 3. The first-order chi connectivity index (χ1) is 8.42. The zero-order valence-corrected chi connectivity index (χ0v) is 12.9. The second-order valence-corrected chi connectivity index (χ2v) is 7.70. The average Bonchev–Trinajstić information content (AvgIpc) is 2.83. The van der Waals surface area contributed by atoms with Gasteiger partial charge < -0.3 is 0 Å². The molecule has 0 aliphatic heterocycles. The first-order valence-electron chi connectivity index (χ1n) is 6.07. The van der Waals surface area contributed by atoms with Crippen LogP contribution >= 0.6 is 15.9 Å². The van der Waals surface area contributed by atoms with Crippen LogP contribution in [0.5, 0.6) is 0 Å². The molecule has 1 aromatic rings. The zero-order chi connectivity index (χ0) is 13.3. The standard InChI is InChI=1S/C11H18BrN3O2S/c1-7-11(8(2)15-14-7)18(16,17)13-6-9-4-3-5-10(9)12/h9-10,13H,3-6H2,1-2H3,(H,14,15). The van der Waals surface area contributed by atoms with Crippen molar-refractivity contribution >= 4 is 26.0 Å². The van der Waals surface area contributed by atoms with Crippen molar-refractivity contribution < 1.29 is 8.42 Å². The first-order valence-corrected chi connectivity index (χ1v) is 8.47. The number of alkyl halides is 1. The molecule has 1 aliphatic rings. The highest BCUT2D eigenvalue weighted by atomic mass is 79.9. The van der Waals surface area contributed by atoms with Crippen LogP contribution in [0.3, 0.4) is 0 Å². The van der Waals surface area contributed by atoms with Crippen LogP contribution in [-0.2, 0) is 10.0 Å². The lowest BCUT2D eigenvalue weighted by atomic mass is 10.1. The molecule has 2 N–H and O–H groups in total. The molecule has 5 nitrogen and oxygen atoms in total. The molecule has 0 radical (unpaired) electrons. The van der Waals surface area contributed by atoms with Gasteiger partial charge in [-0.25, -0.2) is 13.1 Å². The van der Waals surface area contributed by atoms with Crippen molar-refractivity contribution in [2.45, 2.75) is 42.8 Å². The molecule has 0 amide bonds. The normalized spacial score (nSPS) is 24.6. The van der Waals surface area contributed by atoms with Crippen LogP contribution in [0.2, 0.25) is 0 Å². The average molecular weight is 336 g/mol. The van der Waals surface area contributed by atoms with Gasteiger partial charge in [-0.3, -0.25) is 5.10 Å². The molecule has 1 aromatic heterocycles. The molecule has 0 spiro atoms. The number of H-pyrrole nitrogens is 1. The number of hydrogen-bond donors (Lipinski definition) is 2. The first kappa shape index (κ1) is 14.0. The fraction of sp³-hybridized carbons (Fsp3) is 0.727. The van der Waals surface area contributed by atoms with Gasteiger partial charge in [-0.05, 0) is 32.6 Å². The molecule has 0 bridgehead atoms. The van der Waals surface area contributed by atoms with E-state index in [0.29, 0.717) is 28.7 Å². The van der Waals surface area contributed by atoms with E-state index in [2.05, 4.69) is 30.8 Å². The van der Waals surface area contributed by atoms with Crippen molar-refractivity contribution in [1.29, 1.82) is 0 Å². The monoisotopic (exact) mass is 335 g/mol. The van der Waals surface area contributed by atoms with Crippen molar-refractivity contribution in [1.82, 2.24) is 14.9 Å². The summed E-state index contributed by atoms with van der Waals surface area (Å²) in [5.74, 6) is 0.382. The molecular weight excluding hydrogens is 318 g/mol. The van der Waals surface area contributed by atoms with Gasteiger partial charge in [-0.15, -0.1) is 0 Å². The smallest absolute Gasteiger partial charge is 0.244 e. The van der Waals surface area contributed by atoms with E-state index in [4.69, 9.17) is 0 Å². The number of nitrogens with one attached hydrogen (secondary N) is 2. The van der Waals surface area contributed by atoms with Crippen molar-refractivity contribution in [2.75, 3.05) is 6.54 Å². The van der Waals surface area contributed by atoms with Gasteiger partial charge in [0.25, 0.3) is 0 Å². The van der Waals surface area contributed by atoms with E-state index in [9.17, 15) is 8.42 Å². The lowest BCUT2D eigenvalue weighted by Crippen LogP contribution is -2.31. The lowest BCUT2D eigenvalue weighted by Gasteiger charge is -2.15. The number of rotatable bonds is 4. The molecule has 18 heavy (non-hydrogen) atoms. The Hall–Kier alpha value is -0.400. The lowest BCUT2D eigenvalue weighted by molar-refractivity contribution is 0.529. The van der Waals surface area contributed by atoms with Crippen LogP contribution in [0.25, 0.3) is 0 Å². The quantitative estimate of drug-likeness (QED) is 0.825. The molecule has 2 atom stereocenters. The molecule has 1 fully saturated rings. The van der Waals surface area contributed by atoms with Crippen LogP contribution in [0, 0.1) is 19.8 Å². The predicted octanol–water partition coefficient (Wildman–Crippen LogP) is 1.87. The number of aromatic amines is 1. The predicted molar refractivity (Wildman–Crippen MR) is 73.3 cm³/mol. The Kier molecular flexibility index (Phi) is 4.13. The van der Waals surface area contributed by atoms with Gasteiger partial charge in [0.2, 0.25) is 10.0 Å². The summed E-state index contributed by atoms with van der Waals surface area (Å²) in [5.41, 5.74) is 1.10. The fourth-order valence-electron chi connectivity index (χ4n) is 2.45. The minimum Gasteiger partial charge on any atom is -0.281 e. The Morgan fingerprint density at radius 1 is 1.44 bits per heavy atom. The summed E-state index contributed by atoms with van der Waals surface area (Å²) < 4.78 is 27.1. The SMILES string of the molecule is Cc1n[nH]c(C)c1S(=O)(=O)NCC1CCCC1Br. The molecule has 1 saturated carbocycles. The van der Waals surface area contributed by atoms with Gasteiger partial charge in [-0.2, -0.15) is 5.10 Å². The zero-order valence-electron chi connectivity index (χ0n) is 10.5. The van der Waals surface area contributed by atoms with Crippen molar-refractivity contribution in [3.05, 3.63) is 11.4 Å². The molecular formula is C11H18BrN3O2S. The Labute approximate surface area is 116 Å². The van der Waals surface area contributed by atoms with Crippen molar-refractivity contribution in [3.63, 3.8) is 0 Å². The molecule has 1 aliphatic carbocycles. The summed E-state index contributed by atoms with van der Waals surface area (Å²) in [7, 11) is -3.45. The number of nitrogens with zero attached hydrogens (tertiary/aromatic N) is 1. The number of aryl methyl sites for hydroxylation is 2. The Morgan fingerprint density at radius 2 is 2.17 bits per heavy atom. The minimum absolute atomic E-state index is 0.284. The van der Waals surface area contributed by atoms with E-state index in [1.54, 1.807) is 13.8 Å². The summed E-state index contributed by atoms with van der Waals surface area (Å²) in [6.45, 7) is 3.90. The largest absolute Gasteiger partial charge is 0.281 e. The molecule has 102 valence electrons. The summed E-state index contributed by atoms with van der Waals surface area (Å²) in [6, 6.07) is 0. The second-order valence-electron chi connectivity index (χ2n) is 4.82. The van der Waals surface area contributed by atoms with Crippen LogP contribution in [0.15, 0.2) is 4.90 Å². The number of sulfonamides is 1. The Balaban J connectivity index is 2.08. The summed E-state index contributed by atoms with van der Waals surface area (Å²) in [6.07, 6.45) is 3.35. The highest BCUT2D eigenvalue weighted by Gasteiger charge is 2.28. The van der Waals surface area contributed by atoms with Crippen LogP contribution in [0.1, 0.15) is 30.7 Å².